The lowest BCUT2D eigenvalue weighted by Crippen LogP contribution is -2.50. The Morgan fingerprint density at radius 3 is 2.38 bits per heavy atom. The molecule has 1 aromatic rings. The molecule has 0 unspecified atom stereocenters. The lowest BCUT2D eigenvalue weighted by atomic mass is 10.1. The molecular formula is C20H29ClFN3O. The van der Waals surface area contributed by atoms with Gasteiger partial charge in [0.15, 0.2) is 0 Å². The largest absolute Gasteiger partial charge is 0.352 e. The highest BCUT2D eigenvalue weighted by atomic mass is 35.5. The fraction of sp³-hybridized carbons (Fsp3) is 0.650. The van der Waals surface area contributed by atoms with E-state index in [4.69, 9.17) is 11.6 Å². The van der Waals surface area contributed by atoms with Crippen molar-refractivity contribution in [3.8, 4) is 0 Å². The number of carbonyl (C=O) groups is 1. The molecule has 0 spiro atoms. The molecule has 3 rings (SSSR count). The fourth-order valence-electron chi connectivity index (χ4n) is 3.90. The van der Waals surface area contributed by atoms with Crippen LogP contribution in [-0.2, 0) is 11.3 Å². The van der Waals surface area contributed by atoms with Gasteiger partial charge in [0.1, 0.15) is 5.82 Å². The zero-order valence-electron chi connectivity index (χ0n) is 15.4. The normalized spacial score (nSPS) is 20.7. The van der Waals surface area contributed by atoms with Crippen LogP contribution >= 0.6 is 11.6 Å². The van der Waals surface area contributed by atoms with Crippen molar-refractivity contribution < 1.29 is 9.18 Å². The number of halogens is 2. The van der Waals surface area contributed by atoms with Gasteiger partial charge in [-0.1, -0.05) is 43.4 Å². The second-order valence-corrected chi connectivity index (χ2v) is 7.96. The van der Waals surface area contributed by atoms with E-state index in [0.717, 1.165) is 51.1 Å². The van der Waals surface area contributed by atoms with Gasteiger partial charge in [0.2, 0.25) is 5.91 Å². The average Bonchev–Trinajstić information content (AvgIpc) is 2.88. The Labute approximate surface area is 160 Å². The Morgan fingerprint density at radius 2 is 1.73 bits per heavy atom. The predicted octanol–water partition coefficient (Wildman–Crippen LogP) is 3.44. The summed E-state index contributed by atoms with van der Waals surface area (Å²) in [5.41, 5.74) is 1.02. The summed E-state index contributed by atoms with van der Waals surface area (Å²) in [6.07, 6.45) is 7.31. The predicted molar refractivity (Wildman–Crippen MR) is 103 cm³/mol. The Balaban J connectivity index is 1.39. The number of rotatable bonds is 5. The van der Waals surface area contributed by atoms with Crippen molar-refractivity contribution in [2.75, 3.05) is 32.7 Å². The minimum absolute atomic E-state index is 0.163. The van der Waals surface area contributed by atoms with Crippen molar-refractivity contribution in [3.05, 3.63) is 34.6 Å². The van der Waals surface area contributed by atoms with Gasteiger partial charge in [-0.2, -0.15) is 0 Å². The smallest absolute Gasteiger partial charge is 0.234 e. The van der Waals surface area contributed by atoms with Gasteiger partial charge < -0.3 is 5.32 Å². The molecule has 0 atom stereocenters. The fourth-order valence-corrected chi connectivity index (χ4v) is 4.10. The van der Waals surface area contributed by atoms with Crippen LogP contribution in [0, 0.1) is 5.82 Å². The standard InChI is InChI=1S/C20H29ClFN3O/c21-18-13-16(7-8-19(18)22)14-24-9-11-25(12-10-24)15-20(26)23-17-5-3-1-2-4-6-17/h7-8,13,17H,1-6,9-12,14-15H2,(H,23,26). The van der Waals surface area contributed by atoms with E-state index in [1.807, 2.05) is 0 Å². The van der Waals surface area contributed by atoms with Crippen molar-refractivity contribution in [1.82, 2.24) is 15.1 Å². The van der Waals surface area contributed by atoms with Crippen LogP contribution in [0.5, 0.6) is 0 Å². The van der Waals surface area contributed by atoms with Gasteiger partial charge in [-0.25, -0.2) is 4.39 Å². The highest BCUT2D eigenvalue weighted by Crippen LogP contribution is 2.18. The number of hydrogen-bond acceptors (Lipinski definition) is 3. The van der Waals surface area contributed by atoms with E-state index in [9.17, 15) is 9.18 Å². The molecule has 6 heteroatoms. The molecule has 1 aliphatic heterocycles. The maximum Gasteiger partial charge on any atom is 0.234 e. The first kappa shape index (κ1) is 19.6. The van der Waals surface area contributed by atoms with E-state index in [1.165, 1.54) is 31.7 Å². The van der Waals surface area contributed by atoms with Crippen LogP contribution in [0.25, 0.3) is 0 Å². The molecule has 2 aliphatic rings. The third kappa shape index (κ3) is 5.93. The average molecular weight is 382 g/mol. The highest BCUT2D eigenvalue weighted by Gasteiger charge is 2.21. The molecule has 1 amide bonds. The van der Waals surface area contributed by atoms with E-state index in [0.29, 0.717) is 12.6 Å². The molecule has 0 aromatic heterocycles. The number of piperazine rings is 1. The number of amides is 1. The van der Waals surface area contributed by atoms with Gasteiger partial charge in [0, 0.05) is 38.8 Å². The molecule has 1 aromatic carbocycles. The molecule has 4 nitrogen and oxygen atoms in total. The molecule has 26 heavy (non-hydrogen) atoms. The summed E-state index contributed by atoms with van der Waals surface area (Å²) in [6, 6.07) is 5.28. The minimum atomic E-state index is -0.375. The third-order valence-electron chi connectivity index (χ3n) is 5.44. The molecule has 0 bridgehead atoms. The SMILES string of the molecule is O=C(CN1CCN(Cc2ccc(F)c(Cl)c2)CC1)NC1CCCCCC1. The summed E-state index contributed by atoms with van der Waals surface area (Å²) in [5.74, 6) is -0.212. The Morgan fingerprint density at radius 1 is 1.08 bits per heavy atom. The summed E-state index contributed by atoms with van der Waals surface area (Å²) in [6.45, 7) is 4.84. The quantitative estimate of drug-likeness (QED) is 0.793. The van der Waals surface area contributed by atoms with Gasteiger partial charge >= 0.3 is 0 Å². The first-order valence-electron chi connectivity index (χ1n) is 9.78. The number of nitrogens with one attached hydrogen (secondary N) is 1. The maximum absolute atomic E-state index is 13.3. The summed E-state index contributed by atoms with van der Waals surface area (Å²) in [7, 11) is 0. The highest BCUT2D eigenvalue weighted by molar-refractivity contribution is 6.30. The number of hydrogen-bond donors (Lipinski definition) is 1. The van der Waals surface area contributed by atoms with Gasteiger partial charge in [0.25, 0.3) is 0 Å². The van der Waals surface area contributed by atoms with E-state index >= 15 is 0 Å². The Hall–Kier alpha value is -1.17. The van der Waals surface area contributed by atoms with Crippen LogP contribution in [0.2, 0.25) is 5.02 Å². The van der Waals surface area contributed by atoms with Crippen LogP contribution in [-0.4, -0.2) is 54.5 Å². The molecule has 1 saturated heterocycles. The molecule has 2 fully saturated rings. The molecule has 1 N–H and O–H groups in total. The second-order valence-electron chi connectivity index (χ2n) is 7.56. The van der Waals surface area contributed by atoms with Crippen LogP contribution in [0.15, 0.2) is 18.2 Å². The van der Waals surface area contributed by atoms with E-state index in [1.54, 1.807) is 12.1 Å². The molecule has 1 saturated carbocycles. The monoisotopic (exact) mass is 381 g/mol. The molecule has 1 aliphatic carbocycles. The molecule has 0 radical (unpaired) electrons. The summed E-state index contributed by atoms with van der Waals surface area (Å²) in [5, 5.41) is 3.40. The molecule has 144 valence electrons. The van der Waals surface area contributed by atoms with E-state index in [-0.39, 0.29) is 16.7 Å². The third-order valence-corrected chi connectivity index (χ3v) is 5.73. The van der Waals surface area contributed by atoms with Gasteiger partial charge in [0.05, 0.1) is 11.6 Å². The van der Waals surface area contributed by atoms with Crippen LogP contribution in [0.3, 0.4) is 0 Å². The van der Waals surface area contributed by atoms with Gasteiger partial charge in [-0.05, 0) is 30.5 Å². The maximum atomic E-state index is 13.3. The summed E-state index contributed by atoms with van der Waals surface area (Å²) in [4.78, 5) is 16.9. The Kier molecular flexibility index (Phi) is 7.29. The van der Waals surface area contributed by atoms with Crippen LogP contribution in [0.1, 0.15) is 44.1 Å². The van der Waals surface area contributed by atoms with Crippen LogP contribution < -0.4 is 5.32 Å². The van der Waals surface area contributed by atoms with Crippen molar-refractivity contribution in [2.45, 2.75) is 51.1 Å². The van der Waals surface area contributed by atoms with E-state index in [2.05, 4.69) is 15.1 Å². The van der Waals surface area contributed by atoms with Crippen molar-refractivity contribution in [1.29, 1.82) is 0 Å². The number of benzene rings is 1. The van der Waals surface area contributed by atoms with Crippen LogP contribution in [0.4, 0.5) is 4.39 Å². The topological polar surface area (TPSA) is 35.6 Å². The lowest BCUT2D eigenvalue weighted by molar-refractivity contribution is -0.123. The number of carbonyl (C=O) groups excluding carboxylic acids is 1. The molecule has 1 heterocycles. The zero-order chi connectivity index (χ0) is 18.4. The van der Waals surface area contributed by atoms with Crippen molar-refractivity contribution in [3.63, 3.8) is 0 Å². The molecular weight excluding hydrogens is 353 g/mol. The van der Waals surface area contributed by atoms with Crippen molar-refractivity contribution >= 4 is 17.5 Å². The second kappa shape index (κ2) is 9.67. The first-order valence-corrected chi connectivity index (χ1v) is 10.2. The first-order chi connectivity index (χ1) is 12.6. The Bertz CT molecular complexity index is 597. The lowest BCUT2D eigenvalue weighted by Gasteiger charge is -2.34. The minimum Gasteiger partial charge on any atom is -0.352 e. The summed E-state index contributed by atoms with van der Waals surface area (Å²) >= 11 is 5.86. The zero-order valence-corrected chi connectivity index (χ0v) is 16.1. The van der Waals surface area contributed by atoms with Crippen molar-refractivity contribution in [2.24, 2.45) is 0 Å². The van der Waals surface area contributed by atoms with Gasteiger partial charge in [-0.3, -0.25) is 14.6 Å². The van der Waals surface area contributed by atoms with Gasteiger partial charge in [-0.15, -0.1) is 0 Å². The van der Waals surface area contributed by atoms with E-state index < -0.39 is 0 Å². The number of nitrogens with zero attached hydrogens (tertiary/aromatic N) is 2. The summed E-state index contributed by atoms with van der Waals surface area (Å²) < 4.78 is 13.3.